The number of carbonyl (C=O) groups excluding carboxylic acids is 6. The zero-order valence-electron chi connectivity index (χ0n) is 33.9. The van der Waals surface area contributed by atoms with Gasteiger partial charge < -0.3 is 20.0 Å². The smallest absolute Gasteiger partial charge is 0.320 e. The van der Waals surface area contributed by atoms with Crippen molar-refractivity contribution in [2.75, 3.05) is 49.5 Å². The molecule has 7 heterocycles. The van der Waals surface area contributed by atoms with Crippen molar-refractivity contribution in [2.24, 2.45) is 22.7 Å². The number of hydrogen-bond acceptors (Lipinski definition) is 9. The summed E-state index contributed by atoms with van der Waals surface area (Å²) in [5.74, 6) is -6.10. The second kappa shape index (κ2) is 13.5. The van der Waals surface area contributed by atoms with Crippen LogP contribution in [0.1, 0.15) is 86.7 Å². The van der Waals surface area contributed by atoms with Crippen LogP contribution in [0, 0.1) is 22.7 Å². The minimum absolute atomic E-state index is 0.00275. The molecule has 7 amide bonds. The highest BCUT2D eigenvalue weighted by atomic mass is 19.3. The first-order valence-electron chi connectivity index (χ1n) is 21.2. The van der Waals surface area contributed by atoms with Gasteiger partial charge >= 0.3 is 6.03 Å². The van der Waals surface area contributed by atoms with Crippen molar-refractivity contribution in [2.45, 2.75) is 63.5 Å². The number of halogens is 2. The molecule has 5 fully saturated rings. The van der Waals surface area contributed by atoms with Gasteiger partial charge in [0.15, 0.2) is 5.69 Å². The number of alkyl halides is 2. The van der Waals surface area contributed by atoms with Gasteiger partial charge in [0, 0.05) is 97.9 Å². The molecule has 0 radical (unpaired) electrons. The first-order valence-corrected chi connectivity index (χ1v) is 21.2. The van der Waals surface area contributed by atoms with Crippen LogP contribution in [0.25, 0.3) is 0 Å². The Balaban J connectivity index is 0.695. The number of nitrogens with one attached hydrogen (secondary N) is 3. The van der Waals surface area contributed by atoms with Crippen LogP contribution in [-0.2, 0) is 22.4 Å². The van der Waals surface area contributed by atoms with E-state index in [-0.39, 0.29) is 65.9 Å². The van der Waals surface area contributed by atoms with Gasteiger partial charge in [-0.15, -0.1) is 0 Å². The third-order valence-electron chi connectivity index (χ3n) is 14.9. The molecule has 11 rings (SSSR count). The Kier molecular flexibility index (Phi) is 8.39. The highest BCUT2D eigenvalue weighted by Gasteiger charge is 2.78. The Morgan fingerprint density at radius 2 is 1.69 bits per heavy atom. The molecular weight excluding hydrogens is 803 g/mol. The van der Waals surface area contributed by atoms with E-state index in [9.17, 15) is 37.5 Å². The number of nitrogens with zero attached hydrogens (tertiary/aromatic N) is 7. The summed E-state index contributed by atoms with van der Waals surface area (Å²) in [5.41, 5.74) is 2.96. The van der Waals surface area contributed by atoms with Crippen LogP contribution in [0.3, 0.4) is 0 Å². The number of fused-ring (bicyclic) bond motifs is 3. The summed E-state index contributed by atoms with van der Waals surface area (Å²) in [7, 11) is 0. The van der Waals surface area contributed by atoms with E-state index < -0.39 is 52.8 Å². The van der Waals surface area contributed by atoms with Gasteiger partial charge in [-0.25, -0.2) is 13.6 Å². The molecule has 62 heavy (non-hydrogen) atoms. The minimum Gasteiger partial charge on any atom is -0.371 e. The number of aromatic nitrogens is 4. The zero-order chi connectivity index (χ0) is 42.9. The standard InChI is InChI=1S/C44H44F2N10O6/c1-42-17-31-30(16-33(42)44(42,45)46)35(51-50-31)38(59)48-26-18-47-55(21-26)36(24-5-3-2-4-6-24)25-19-53(20-25)41(62)54-22-43(23-54)11-13-52(14-12-43)27-7-8-28-29(15-27)40(61)56(39(28)60)32-9-10-34(57)49-37(32)58/h2-8,15,18,21,25,32-33,36H,9-14,16-17,19-20,22-23H2,1H3,(H,48,59)(H,50,51)(H,49,57,58). The molecule has 1 saturated carbocycles. The van der Waals surface area contributed by atoms with Crippen molar-refractivity contribution < 1.29 is 37.5 Å². The summed E-state index contributed by atoms with van der Waals surface area (Å²) >= 11 is 0. The summed E-state index contributed by atoms with van der Waals surface area (Å²) in [6, 6.07) is 13.9. The fourth-order valence-corrected chi connectivity index (χ4v) is 11.0. The maximum Gasteiger partial charge on any atom is 0.320 e. The lowest BCUT2D eigenvalue weighted by atomic mass is 9.72. The largest absolute Gasteiger partial charge is 0.371 e. The number of imide groups is 2. The van der Waals surface area contributed by atoms with Gasteiger partial charge in [0.2, 0.25) is 11.8 Å². The maximum atomic E-state index is 14.5. The molecule has 1 spiro atoms. The number of aromatic amines is 1. The zero-order valence-corrected chi connectivity index (χ0v) is 33.9. The Labute approximate surface area is 353 Å². The van der Waals surface area contributed by atoms with Gasteiger partial charge in [-0.05, 0) is 49.4 Å². The van der Waals surface area contributed by atoms with Crippen molar-refractivity contribution >= 4 is 46.9 Å². The summed E-state index contributed by atoms with van der Waals surface area (Å²) < 4.78 is 30.8. The van der Waals surface area contributed by atoms with E-state index in [4.69, 9.17) is 0 Å². The van der Waals surface area contributed by atoms with Crippen molar-refractivity contribution in [3.63, 3.8) is 0 Å². The minimum atomic E-state index is -2.76. The third kappa shape index (κ3) is 5.81. The SMILES string of the molecule is CC12Cc3[nH]nc(C(=O)Nc4cnn(C(c5ccccc5)C5CN(C(=O)N6CC7(CCN(c8ccc9c(c8)C(=O)N(C8CCC(=O)NC8=O)C9=O)CC7)C6)C5)c4)c3CC1C2(F)F. The number of hydrogen-bond donors (Lipinski definition) is 3. The lowest BCUT2D eigenvalue weighted by molar-refractivity contribution is -0.136. The average Bonchev–Trinajstić information content (AvgIpc) is 3.74. The number of piperidine rings is 2. The molecular formula is C44H44F2N10O6. The van der Waals surface area contributed by atoms with Crippen molar-refractivity contribution in [3.05, 3.63) is 94.6 Å². The van der Waals surface area contributed by atoms with E-state index in [1.54, 1.807) is 31.5 Å². The number of rotatable bonds is 7. The Morgan fingerprint density at radius 1 is 0.952 bits per heavy atom. The molecule has 5 aliphatic heterocycles. The molecule has 320 valence electrons. The van der Waals surface area contributed by atoms with Gasteiger partial charge in [0.1, 0.15) is 6.04 Å². The van der Waals surface area contributed by atoms with Gasteiger partial charge in [-0.2, -0.15) is 10.2 Å². The van der Waals surface area contributed by atoms with E-state index in [1.165, 1.54) is 0 Å². The number of likely N-dealkylation sites (tertiary alicyclic amines) is 2. The number of urea groups is 1. The van der Waals surface area contributed by atoms with Crippen molar-refractivity contribution in [1.29, 1.82) is 0 Å². The summed E-state index contributed by atoms with van der Waals surface area (Å²) in [6.45, 7) is 5.40. The number of benzene rings is 2. The number of carbonyl (C=O) groups is 6. The highest BCUT2D eigenvalue weighted by Crippen LogP contribution is 2.70. The fourth-order valence-electron chi connectivity index (χ4n) is 11.0. The molecule has 0 bridgehead atoms. The van der Waals surface area contributed by atoms with Crippen LogP contribution in [0.5, 0.6) is 0 Å². The Hall–Kier alpha value is -6.46. The predicted octanol–water partition coefficient (Wildman–Crippen LogP) is 3.87. The fraction of sp³-hybridized carbons (Fsp3) is 0.455. The molecule has 2 aromatic heterocycles. The number of H-pyrrole nitrogens is 1. The van der Waals surface area contributed by atoms with Gasteiger partial charge in [0.25, 0.3) is 23.6 Å². The maximum absolute atomic E-state index is 14.5. The van der Waals surface area contributed by atoms with Gasteiger partial charge in [-0.1, -0.05) is 37.3 Å². The lowest BCUT2D eigenvalue weighted by Crippen LogP contribution is -2.66. The monoisotopic (exact) mass is 846 g/mol. The molecule has 2 aliphatic carbocycles. The molecule has 2 aromatic carbocycles. The molecule has 16 nitrogen and oxygen atoms in total. The van der Waals surface area contributed by atoms with Crippen LogP contribution in [-0.4, -0.2) is 121 Å². The summed E-state index contributed by atoms with van der Waals surface area (Å²) in [6.07, 6.45) is 5.46. The Bertz CT molecular complexity index is 2590. The Morgan fingerprint density at radius 3 is 2.44 bits per heavy atom. The first-order chi connectivity index (χ1) is 29.7. The topological polar surface area (TPSA) is 186 Å². The van der Waals surface area contributed by atoms with Crippen LogP contribution in [0.4, 0.5) is 25.0 Å². The first kappa shape index (κ1) is 38.5. The van der Waals surface area contributed by atoms with Crippen molar-refractivity contribution in [3.8, 4) is 0 Å². The van der Waals surface area contributed by atoms with E-state index in [0.717, 1.165) is 42.1 Å². The summed E-state index contributed by atoms with van der Waals surface area (Å²) in [5, 5.41) is 16.8. The van der Waals surface area contributed by atoms with Crippen LogP contribution >= 0.6 is 0 Å². The average molecular weight is 847 g/mol. The molecule has 3 N–H and O–H groups in total. The van der Waals surface area contributed by atoms with Crippen LogP contribution in [0.2, 0.25) is 0 Å². The molecule has 4 aromatic rings. The lowest BCUT2D eigenvalue weighted by Gasteiger charge is -2.56. The van der Waals surface area contributed by atoms with E-state index in [1.807, 2.05) is 50.9 Å². The quantitative estimate of drug-likeness (QED) is 0.232. The number of amides is 7. The van der Waals surface area contributed by atoms with Gasteiger partial charge in [-0.3, -0.25) is 44.0 Å². The predicted molar refractivity (Wildman–Crippen MR) is 216 cm³/mol. The molecule has 7 aliphatic rings. The van der Waals surface area contributed by atoms with E-state index in [0.29, 0.717) is 43.1 Å². The third-order valence-corrected chi connectivity index (χ3v) is 14.9. The molecule has 18 heteroatoms. The highest BCUT2D eigenvalue weighted by molar-refractivity contribution is 6.23. The molecule has 4 saturated heterocycles. The normalized spacial score (nSPS) is 26.3. The van der Waals surface area contributed by atoms with Crippen LogP contribution in [0.15, 0.2) is 60.9 Å². The summed E-state index contributed by atoms with van der Waals surface area (Å²) in [4.78, 5) is 84.8. The second-order valence-electron chi connectivity index (χ2n) is 18.5. The van der Waals surface area contributed by atoms with Crippen LogP contribution < -0.4 is 15.5 Å². The van der Waals surface area contributed by atoms with E-state index >= 15 is 0 Å². The molecule has 4 unspecified atom stereocenters. The van der Waals surface area contributed by atoms with E-state index in [2.05, 4.69) is 30.8 Å². The molecule has 4 atom stereocenters. The van der Waals surface area contributed by atoms with Crippen molar-refractivity contribution in [1.82, 2.24) is 40.0 Å². The number of anilines is 2. The second-order valence-corrected chi connectivity index (χ2v) is 18.5. The van der Waals surface area contributed by atoms with Gasteiger partial charge in [0.05, 0.1) is 29.1 Å².